The van der Waals surface area contributed by atoms with E-state index in [-0.39, 0.29) is 6.04 Å². The fraction of sp³-hybridized carbons (Fsp3) is 1.00. The highest BCUT2D eigenvalue weighted by molar-refractivity contribution is 7.90. The molecule has 0 amide bonds. The molecule has 5 nitrogen and oxygen atoms in total. The first-order valence-electron chi connectivity index (χ1n) is 8.19. The SMILES string of the molecule is CCN(CC)CCCC(C)NS(=O)(=O)C(C)CNC(C)C. The Hall–Kier alpha value is -0.170. The van der Waals surface area contributed by atoms with E-state index < -0.39 is 15.3 Å². The van der Waals surface area contributed by atoms with E-state index in [1.165, 1.54) is 0 Å². The van der Waals surface area contributed by atoms with Gasteiger partial charge in [0.25, 0.3) is 0 Å². The van der Waals surface area contributed by atoms with Crippen molar-refractivity contribution >= 4 is 10.0 Å². The zero-order valence-corrected chi connectivity index (χ0v) is 15.5. The molecule has 0 saturated heterocycles. The van der Waals surface area contributed by atoms with E-state index in [0.29, 0.717) is 12.6 Å². The van der Waals surface area contributed by atoms with E-state index in [4.69, 9.17) is 0 Å². The maximum atomic E-state index is 12.2. The molecular formula is C15H35N3O2S. The van der Waals surface area contributed by atoms with Gasteiger partial charge < -0.3 is 10.2 Å². The molecule has 21 heavy (non-hydrogen) atoms. The summed E-state index contributed by atoms with van der Waals surface area (Å²) < 4.78 is 27.2. The van der Waals surface area contributed by atoms with E-state index in [9.17, 15) is 8.42 Å². The largest absolute Gasteiger partial charge is 0.313 e. The predicted octanol–water partition coefficient (Wildman–Crippen LogP) is 1.80. The van der Waals surface area contributed by atoms with Crippen LogP contribution in [0.4, 0.5) is 0 Å². The lowest BCUT2D eigenvalue weighted by atomic mass is 10.2. The minimum atomic E-state index is -3.24. The fourth-order valence-corrected chi connectivity index (χ4v) is 3.35. The summed E-state index contributed by atoms with van der Waals surface area (Å²) in [4.78, 5) is 2.36. The van der Waals surface area contributed by atoms with Crippen LogP contribution < -0.4 is 10.0 Å². The Morgan fingerprint density at radius 2 is 1.62 bits per heavy atom. The molecule has 2 N–H and O–H groups in total. The Morgan fingerprint density at radius 3 is 2.10 bits per heavy atom. The first-order valence-corrected chi connectivity index (χ1v) is 9.74. The van der Waals surface area contributed by atoms with E-state index in [0.717, 1.165) is 32.5 Å². The second-order valence-corrected chi connectivity index (χ2v) is 8.24. The van der Waals surface area contributed by atoms with Crippen LogP contribution in [0, 0.1) is 0 Å². The molecule has 0 radical (unpaired) electrons. The summed E-state index contributed by atoms with van der Waals surface area (Å²) in [5.41, 5.74) is 0. The molecular weight excluding hydrogens is 286 g/mol. The Labute approximate surface area is 131 Å². The Morgan fingerprint density at radius 1 is 1.05 bits per heavy atom. The van der Waals surface area contributed by atoms with Gasteiger partial charge >= 0.3 is 0 Å². The average Bonchev–Trinajstić information content (AvgIpc) is 2.40. The average molecular weight is 322 g/mol. The smallest absolute Gasteiger partial charge is 0.215 e. The number of hydrogen-bond donors (Lipinski definition) is 2. The van der Waals surface area contributed by atoms with Crippen LogP contribution in [0.1, 0.15) is 54.4 Å². The summed E-state index contributed by atoms with van der Waals surface area (Å²) >= 11 is 0. The van der Waals surface area contributed by atoms with E-state index >= 15 is 0 Å². The highest BCUT2D eigenvalue weighted by Gasteiger charge is 2.22. The Kier molecular flexibility index (Phi) is 10.5. The molecule has 0 aliphatic rings. The number of hydrogen-bond acceptors (Lipinski definition) is 4. The lowest BCUT2D eigenvalue weighted by Crippen LogP contribution is -2.44. The van der Waals surface area contributed by atoms with Crippen molar-refractivity contribution < 1.29 is 8.42 Å². The number of rotatable bonds is 12. The van der Waals surface area contributed by atoms with Crippen LogP contribution in [0.15, 0.2) is 0 Å². The van der Waals surface area contributed by atoms with Crippen molar-refractivity contribution in [1.29, 1.82) is 0 Å². The maximum absolute atomic E-state index is 12.2. The van der Waals surface area contributed by atoms with Crippen molar-refractivity contribution in [3.63, 3.8) is 0 Å². The lowest BCUT2D eigenvalue weighted by Gasteiger charge is -2.21. The van der Waals surface area contributed by atoms with Gasteiger partial charge in [-0.05, 0) is 46.3 Å². The molecule has 0 bridgehead atoms. The van der Waals surface area contributed by atoms with E-state index in [1.807, 2.05) is 20.8 Å². The quantitative estimate of drug-likeness (QED) is 0.575. The first-order chi connectivity index (χ1) is 9.72. The van der Waals surface area contributed by atoms with Crippen LogP contribution in [0.2, 0.25) is 0 Å². The van der Waals surface area contributed by atoms with Gasteiger partial charge in [0.15, 0.2) is 0 Å². The summed E-state index contributed by atoms with van der Waals surface area (Å²) in [6.07, 6.45) is 1.89. The summed E-state index contributed by atoms with van der Waals surface area (Å²) in [7, 11) is -3.24. The van der Waals surface area contributed by atoms with Crippen molar-refractivity contribution in [1.82, 2.24) is 14.9 Å². The van der Waals surface area contributed by atoms with Gasteiger partial charge in [-0.15, -0.1) is 0 Å². The zero-order chi connectivity index (χ0) is 16.5. The summed E-state index contributed by atoms with van der Waals surface area (Å²) in [5, 5.41) is 2.76. The normalized spacial score (nSPS) is 15.6. The molecule has 128 valence electrons. The minimum Gasteiger partial charge on any atom is -0.313 e. The van der Waals surface area contributed by atoms with E-state index in [2.05, 4.69) is 28.8 Å². The number of nitrogens with one attached hydrogen (secondary N) is 2. The third kappa shape index (κ3) is 9.45. The van der Waals surface area contributed by atoms with Crippen LogP contribution in [-0.2, 0) is 10.0 Å². The molecule has 0 fully saturated rings. The fourth-order valence-electron chi connectivity index (χ4n) is 2.13. The standard InChI is InChI=1S/C15H35N3O2S/c1-7-18(8-2)11-9-10-14(5)17-21(19,20)15(6)12-16-13(3)4/h13-17H,7-12H2,1-6H3. The molecule has 6 heteroatoms. The maximum Gasteiger partial charge on any atom is 0.215 e. The highest BCUT2D eigenvalue weighted by atomic mass is 32.2. The second kappa shape index (κ2) is 10.5. The molecule has 2 atom stereocenters. The van der Waals surface area contributed by atoms with Crippen LogP contribution in [0.3, 0.4) is 0 Å². The zero-order valence-electron chi connectivity index (χ0n) is 14.6. The molecule has 2 unspecified atom stereocenters. The predicted molar refractivity (Wildman–Crippen MR) is 91.1 cm³/mol. The molecule has 0 heterocycles. The van der Waals surface area contributed by atoms with Crippen LogP contribution in [0.25, 0.3) is 0 Å². The molecule has 0 aliphatic heterocycles. The molecule has 0 spiro atoms. The second-order valence-electron chi connectivity index (χ2n) is 6.11. The van der Waals surface area contributed by atoms with Crippen molar-refractivity contribution in [3.05, 3.63) is 0 Å². The van der Waals surface area contributed by atoms with Gasteiger partial charge in [0, 0.05) is 18.6 Å². The van der Waals surface area contributed by atoms with Gasteiger partial charge in [0.1, 0.15) is 0 Å². The Balaban J connectivity index is 4.14. The summed E-state index contributed by atoms with van der Waals surface area (Å²) in [5.74, 6) is 0. The number of nitrogens with zero attached hydrogens (tertiary/aromatic N) is 1. The van der Waals surface area contributed by atoms with Crippen LogP contribution >= 0.6 is 0 Å². The van der Waals surface area contributed by atoms with E-state index in [1.54, 1.807) is 6.92 Å². The van der Waals surface area contributed by atoms with Crippen molar-refractivity contribution in [2.75, 3.05) is 26.2 Å². The van der Waals surface area contributed by atoms with Crippen molar-refractivity contribution in [2.24, 2.45) is 0 Å². The summed E-state index contributed by atoms with van der Waals surface area (Å²) in [6.45, 7) is 15.7. The van der Waals surface area contributed by atoms with Crippen LogP contribution in [0.5, 0.6) is 0 Å². The van der Waals surface area contributed by atoms with Gasteiger partial charge in [0.05, 0.1) is 5.25 Å². The summed E-state index contributed by atoms with van der Waals surface area (Å²) in [6, 6.07) is 0.293. The molecule has 0 rings (SSSR count). The monoisotopic (exact) mass is 321 g/mol. The molecule has 0 saturated carbocycles. The number of sulfonamides is 1. The van der Waals surface area contributed by atoms with Crippen LogP contribution in [-0.4, -0.2) is 56.8 Å². The van der Waals surface area contributed by atoms with Gasteiger partial charge in [-0.25, -0.2) is 13.1 Å². The lowest BCUT2D eigenvalue weighted by molar-refractivity contribution is 0.293. The molecule has 0 aromatic carbocycles. The van der Waals surface area contributed by atoms with Crippen molar-refractivity contribution in [2.45, 2.75) is 71.7 Å². The van der Waals surface area contributed by atoms with Crippen molar-refractivity contribution in [3.8, 4) is 0 Å². The third-order valence-electron chi connectivity index (χ3n) is 3.71. The molecule has 0 aliphatic carbocycles. The highest BCUT2D eigenvalue weighted by Crippen LogP contribution is 2.04. The molecule has 0 aromatic rings. The van der Waals surface area contributed by atoms with Gasteiger partial charge in [-0.3, -0.25) is 0 Å². The Bertz CT molecular complexity index is 354. The van der Waals surface area contributed by atoms with Gasteiger partial charge in [-0.1, -0.05) is 27.7 Å². The molecule has 0 aromatic heterocycles. The van der Waals surface area contributed by atoms with Gasteiger partial charge in [0.2, 0.25) is 10.0 Å². The third-order valence-corrected chi connectivity index (χ3v) is 5.67. The van der Waals surface area contributed by atoms with Gasteiger partial charge in [-0.2, -0.15) is 0 Å². The topological polar surface area (TPSA) is 61.4 Å². The first kappa shape index (κ1) is 20.8. The minimum absolute atomic E-state index is 0.00735.